The van der Waals surface area contributed by atoms with Gasteiger partial charge in [-0.3, -0.25) is 0 Å². The summed E-state index contributed by atoms with van der Waals surface area (Å²) in [6.07, 6.45) is 4.42. The van der Waals surface area contributed by atoms with Crippen LogP contribution in [0.2, 0.25) is 0 Å². The molecule has 88 valence electrons. The monoisotopic (exact) mass is 212 g/mol. The lowest BCUT2D eigenvalue weighted by molar-refractivity contribution is -0.0423. The van der Waals surface area contributed by atoms with Crippen LogP contribution >= 0.6 is 0 Å². The van der Waals surface area contributed by atoms with Gasteiger partial charge >= 0.3 is 0 Å². The Morgan fingerprint density at radius 3 is 2.87 bits per heavy atom. The third kappa shape index (κ3) is 3.16. The summed E-state index contributed by atoms with van der Waals surface area (Å²) in [4.78, 5) is 2.39. The molecule has 15 heavy (non-hydrogen) atoms. The van der Waals surface area contributed by atoms with Crippen molar-refractivity contribution in [1.82, 2.24) is 10.2 Å². The number of hydrogen-bond acceptors (Lipinski definition) is 3. The van der Waals surface area contributed by atoms with Crippen molar-refractivity contribution >= 4 is 0 Å². The quantitative estimate of drug-likeness (QED) is 0.738. The van der Waals surface area contributed by atoms with Crippen LogP contribution in [0.25, 0.3) is 0 Å². The molecule has 3 heteroatoms. The maximum atomic E-state index is 5.90. The van der Waals surface area contributed by atoms with Crippen molar-refractivity contribution in [1.29, 1.82) is 0 Å². The third-order valence-corrected chi connectivity index (χ3v) is 3.46. The van der Waals surface area contributed by atoms with Crippen molar-refractivity contribution in [2.24, 2.45) is 5.92 Å². The van der Waals surface area contributed by atoms with Gasteiger partial charge in [0.1, 0.15) is 0 Å². The largest absolute Gasteiger partial charge is 0.374 e. The molecule has 0 aromatic heterocycles. The number of ether oxygens (including phenoxy) is 1. The molecule has 0 aromatic rings. The second-order valence-corrected chi connectivity index (χ2v) is 4.99. The Bertz CT molecular complexity index is 194. The van der Waals surface area contributed by atoms with Crippen LogP contribution in [0, 0.1) is 5.92 Å². The highest BCUT2D eigenvalue weighted by molar-refractivity contribution is 4.93. The normalized spacial score (nSPS) is 30.4. The van der Waals surface area contributed by atoms with Gasteiger partial charge in [0.05, 0.1) is 12.7 Å². The average Bonchev–Trinajstić information content (AvgIpc) is 3.03. The molecule has 1 N–H and O–H groups in total. The Morgan fingerprint density at radius 1 is 1.47 bits per heavy atom. The van der Waals surface area contributed by atoms with Gasteiger partial charge in [-0.1, -0.05) is 6.92 Å². The maximum Gasteiger partial charge on any atom is 0.0857 e. The summed E-state index contributed by atoms with van der Waals surface area (Å²) in [5, 5.41) is 3.67. The van der Waals surface area contributed by atoms with E-state index in [1.807, 2.05) is 0 Å². The number of nitrogens with one attached hydrogen (secondary N) is 1. The maximum absolute atomic E-state index is 5.90. The van der Waals surface area contributed by atoms with E-state index in [0.717, 1.165) is 32.2 Å². The summed E-state index contributed by atoms with van der Waals surface area (Å²) in [6, 6.07) is 0.604. The summed E-state index contributed by atoms with van der Waals surface area (Å²) in [7, 11) is 2.19. The molecule has 2 atom stereocenters. The number of nitrogens with zero attached hydrogens (tertiary/aromatic N) is 1. The highest BCUT2D eigenvalue weighted by Gasteiger charge is 2.38. The van der Waals surface area contributed by atoms with E-state index in [1.54, 1.807) is 0 Å². The number of likely N-dealkylation sites (N-methyl/N-ethyl adjacent to an activating group) is 1. The molecular formula is C12H24N2O. The fourth-order valence-corrected chi connectivity index (χ4v) is 2.40. The molecule has 2 unspecified atom stereocenters. The molecule has 1 aliphatic carbocycles. The van der Waals surface area contributed by atoms with Crippen LogP contribution in [-0.2, 0) is 4.74 Å². The summed E-state index contributed by atoms with van der Waals surface area (Å²) >= 11 is 0. The lowest BCUT2D eigenvalue weighted by Crippen LogP contribution is -2.52. The topological polar surface area (TPSA) is 24.5 Å². The molecule has 2 rings (SSSR count). The highest BCUT2D eigenvalue weighted by Crippen LogP contribution is 2.35. The van der Waals surface area contributed by atoms with Crippen LogP contribution in [0.4, 0.5) is 0 Å². The molecule has 0 amide bonds. The molecule has 3 nitrogen and oxygen atoms in total. The third-order valence-electron chi connectivity index (χ3n) is 3.46. The van der Waals surface area contributed by atoms with Crippen LogP contribution < -0.4 is 5.32 Å². The van der Waals surface area contributed by atoms with Crippen molar-refractivity contribution in [2.75, 3.05) is 33.3 Å². The molecule has 0 aromatic carbocycles. The first-order valence-corrected chi connectivity index (χ1v) is 6.34. The molecule has 1 aliphatic heterocycles. The zero-order valence-corrected chi connectivity index (χ0v) is 10.0. The molecule has 2 aliphatic rings. The van der Waals surface area contributed by atoms with Gasteiger partial charge in [0.25, 0.3) is 0 Å². The van der Waals surface area contributed by atoms with E-state index in [4.69, 9.17) is 4.74 Å². The highest BCUT2D eigenvalue weighted by atomic mass is 16.5. The van der Waals surface area contributed by atoms with Gasteiger partial charge in [-0.05, 0) is 38.8 Å². The molecule has 1 heterocycles. The van der Waals surface area contributed by atoms with Gasteiger partial charge in [-0.25, -0.2) is 0 Å². The molecular weight excluding hydrogens is 188 g/mol. The van der Waals surface area contributed by atoms with Crippen molar-refractivity contribution in [3.05, 3.63) is 0 Å². The summed E-state index contributed by atoms with van der Waals surface area (Å²) in [5.41, 5.74) is 0. The molecule has 1 saturated heterocycles. The SMILES string of the molecule is CCCNC(C1CC1)C1CN(C)CCO1. The minimum Gasteiger partial charge on any atom is -0.374 e. The first kappa shape index (κ1) is 11.4. The van der Waals surface area contributed by atoms with Crippen LogP contribution in [-0.4, -0.2) is 50.3 Å². The summed E-state index contributed by atoms with van der Waals surface area (Å²) in [5.74, 6) is 0.882. The van der Waals surface area contributed by atoms with Gasteiger partial charge in [-0.2, -0.15) is 0 Å². The van der Waals surface area contributed by atoms with Crippen molar-refractivity contribution < 1.29 is 4.74 Å². The minimum absolute atomic E-state index is 0.419. The Hall–Kier alpha value is -0.120. The van der Waals surface area contributed by atoms with Gasteiger partial charge in [0.2, 0.25) is 0 Å². The van der Waals surface area contributed by atoms with E-state index in [0.29, 0.717) is 12.1 Å². The Kier molecular flexibility index (Phi) is 4.00. The van der Waals surface area contributed by atoms with E-state index in [1.165, 1.54) is 19.3 Å². The van der Waals surface area contributed by atoms with E-state index >= 15 is 0 Å². The second-order valence-electron chi connectivity index (χ2n) is 4.99. The van der Waals surface area contributed by atoms with Gasteiger partial charge in [-0.15, -0.1) is 0 Å². The number of morpholine rings is 1. The van der Waals surface area contributed by atoms with E-state index in [-0.39, 0.29) is 0 Å². The Labute approximate surface area is 93.2 Å². The van der Waals surface area contributed by atoms with Crippen LogP contribution in [0.3, 0.4) is 0 Å². The van der Waals surface area contributed by atoms with Crippen LogP contribution in [0.1, 0.15) is 26.2 Å². The first-order chi connectivity index (χ1) is 7.31. The zero-order valence-electron chi connectivity index (χ0n) is 10.0. The number of hydrogen-bond donors (Lipinski definition) is 1. The molecule has 2 fully saturated rings. The standard InChI is InChI=1S/C12H24N2O/c1-3-6-13-12(10-4-5-10)11-9-14(2)7-8-15-11/h10-13H,3-9H2,1-2H3. The lowest BCUT2D eigenvalue weighted by atomic mass is 10.0. The summed E-state index contributed by atoms with van der Waals surface area (Å²) in [6.45, 7) is 6.44. The van der Waals surface area contributed by atoms with Gasteiger partial charge in [0, 0.05) is 19.1 Å². The molecule has 1 saturated carbocycles. The smallest absolute Gasteiger partial charge is 0.0857 e. The summed E-state index contributed by atoms with van der Waals surface area (Å²) < 4.78 is 5.90. The van der Waals surface area contributed by atoms with Gasteiger partial charge < -0.3 is 15.0 Å². The average molecular weight is 212 g/mol. The zero-order chi connectivity index (χ0) is 10.7. The Morgan fingerprint density at radius 2 is 2.27 bits per heavy atom. The molecule has 0 radical (unpaired) electrons. The van der Waals surface area contributed by atoms with Crippen molar-refractivity contribution in [3.63, 3.8) is 0 Å². The fourth-order valence-electron chi connectivity index (χ4n) is 2.40. The lowest BCUT2D eigenvalue weighted by Gasteiger charge is -2.35. The molecule has 0 spiro atoms. The van der Waals surface area contributed by atoms with Crippen LogP contribution in [0.5, 0.6) is 0 Å². The minimum atomic E-state index is 0.419. The van der Waals surface area contributed by atoms with Crippen molar-refractivity contribution in [2.45, 2.75) is 38.3 Å². The van der Waals surface area contributed by atoms with Crippen LogP contribution in [0.15, 0.2) is 0 Å². The number of rotatable bonds is 5. The predicted octanol–water partition coefficient (Wildman–Crippen LogP) is 1.10. The van der Waals surface area contributed by atoms with E-state index in [9.17, 15) is 0 Å². The molecule has 0 bridgehead atoms. The Balaban J connectivity index is 1.85. The fraction of sp³-hybridized carbons (Fsp3) is 1.00. The van der Waals surface area contributed by atoms with E-state index in [2.05, 4.69) is 24.2 Å². The van der Waals surface area contributed by atoms with Gasteiger partial charge in [0.15, 0.2) is 0 Å². The van der Waals surface area contributed by atoms with Crippen molar-refractivity contribution in [3.8, 4) is 0 Å². The van der Waals surface area contributed by atoms with E-state index < -0.39 is 0 Å². The second kappa shape index (κ2) is 5.28. The first-order valence-electron chi connectivity index (χ1n) is 6.34. The predicted molar refractivity (Wildman–Crippen MR) is 62.0 cm³/mol.